The molecule has 0 aliphatic carbocycles. The van der Waals surface area contributed by atoms with Gasteiger partial charge in [0.15, 0.2) is 0 Å². The number of fused-ring (bicyclic) bond motifs is 1. The van der Waals surface area contributed by atoms with Crippen molar-refractivity contribution in [2.24, 2.45) is 17.8 Å². The Morgan fingerprint density at radius 2 is 1.51 bits per heavy atom. The van der Waals surface area contributed by atoms with Crippen LogP contribution >= 0.6 is 0 Å². The van der Waals surface area contributed by atoms with Crippen LogP contribution in [-0.4, -0.2) is 97.5 Å². The highest BCUT2D eigenvalue weighted by Crippen LogP contribution is 2.46. The zero-order chi connectivity index (χ0) is 30.9. The first-order chi connectivity index (χ1) is 20.4. The van der Waals surface area contributed by atoms with Gasteiger partial charge in [0.2, 0.25) is 15.9 Å². The van der Waals surface area contributed by atoms with Crippen LogP contribution in [0.4, 0.5) is 23.7 Å². The number of hydrogen-bond donors (Lipinski definition) is 2. The molecule has 4 heterocycles. The normalized spacial score (nSPS) is 27.9. The monoisotopic (exact) mass is 629 g/mol. The summed E-state index contributed by atoms with van der Waals surface area (Å²) in [6.07, 6.45) is 0.403. The van der Waals surface area contributed by atoms with E-state index in [1.807, 2.05) is 0 Å². The summed E-state index contributed by atoms with van der Waals surface area (Å²) in [5, 5.41) is 6.23. The van der Waals surface area contributed by atoms with Gasteiger partial charge < -0.3 is 15.5 Å². The average Bonchev–Trinajstić information content (AvgIpc) is 3.12. The minimum Gasteiger partial charge on any atom is -0.342 e. The molecule has 1 aromatic rings. The number of benzene rings is 1. The highest BCUT2D eigenvalue weighted by Gasteiger charge is 2.71. The van der Waals surface area contributed by atoms with Crippen molar-refractivity contribution in [3.63, 3.8) is 0 Å². The number of hydrogen-bond acceptors (Lipinski definition) is 5. The van der Waals surface area contributed by atoms with E-state index >= 15 is 0 Å². The fraction of sp³-hybridized carbons (Fsp3) is 0.714. The molecule has 1 aromatic carbocycles. The Balaban J connectivity index is 1.26. The number of amides is 3. The number of likely N-dealkylation sites (tertiary alicyclic amines) is 1. The molecule has 4 atom stereocenters. The number of carbonyl (C=O) groups is 2. The second-order valence-electron chi connectivity index (χ2n) is 12.0. The molecular weight excluding hydrogens is 589 g/mol. The zero-order valence-corrected chi connectivity index (χ0v) is 25.1. The van der Waals surface area contributed by atoms with E-state index in [-0.39, 0.29) is 41.2 Å². The number of sulfonamides is 1. The average molecular weight is 630 g/mol. The standard InChI is InChI=1S/C28H39F3N6O5S/c1-32-27(39)33-21-6-8-22(9-7-21)43(41,42)35-15-10-19(11-16-35)20-12-17-36-23(18-20)24(25(37(36)40)28(29,30)31)26(38)34-13-4-2-3-5-14-34/h6-9,19-20,23-25H,2-5,10-18H2,1H3,(H-,32,33,39)/p+1. The van der Waals surface area contributed by atoms with Gasteiger partial charge in [0.05, 0.1) is 16.3 Å². The third kappa shape index (κ3) is 6.47. The SMILES string of the molecule is CNC(=O)Nc1ccc(S(=O)(=O)N2CCC(C3CCN4C(C3)C(C(=O)N3CCCCCC3)C(C(F)(F)F)[N+]4=O)CC2)cc1. The van der Waals surface area contributed by atoms with Gasteiger partial charge in [-0.1, -0.05) is 12.8 Å². The number of anilines is 1. The first-order valence-electron chi connectivity index (χ1n) is 15.1. The number of nitrogens with one attached hydrogen (secondary N) is 2. The van der Waals surface area contributed by atoms with Gasteiger partial charge in [-0.15, -0.1) is 5.01 Å². The molecule has 4 unspecified atom stereocenters. The smallest absolute Gasteiger partial charge is 0.342 e. The van der Waals surface area contributed by atoms with Gasteiger partial charge in [-0.25, -0.2) is 13.2 Å². The highest BCUT2D eigenvalue weighted by atomic mass is 32.2. The lowest BCUT2D eigenvalue weighted by molar-refractivity contribution is -0.735. The van der Waals surface area contributed by atoms with Gasteiger partial charge in [0.25, 0.3) is 0 Å². The van der Waals surface area contributed by atoms with Crippen LogP contribution in [0.2, 0.25) is 0 Å². The Kier molecular flexibility index (Phi) is 9.21. The Bertz CT molecular complexity index is 1290. The molecular formula is C28H40F3N6O5S+. The molecule has 0 bridgehead atoms. The Labute approximate surface area is 249 Å². The zero-order valence-electron chi connectivity index (χ0n) is 24.3. The number of nitrogens with zero attached hydrogens (tertiary/aromatic N) is 4. The molecule has 3 amide bonds. The van der Waals surface area contributed by atoms with Gasteiger partial charge >= 0.3 is 18.2 Å². The summed E-state index contributed by atoms with van der Waals surface area (Å²) in [6.45, 7) is 1.50. The Morgan fingerprint density at radius 1 is 0.907 bits per heavy atom. The summed E-state index contributed by atoms with van der Waals surface area (Å²) in [7, 11) is -2.30. The number of carbonyl (C=O) groups excluding carboxylic acids is 2. The van der Waals surface area contributed by atoms with E-state index in [0.29, 0.717) is 44.5 Å². The topological polar surface area (TPSA) is 122 Å². The van der Waals surface area contributed by atoms with Crippen molar-refractivity contribution in [1.29, 1.82) is 0 Å². The van der Waals surface area contributed by atoms with Crippen LogP contribution in [0, 0.1) is 22.7 Å². The van der Waals surface area contributed by atoms with Gasteiger partial charge in [-0.3, -0.25) is 4.79 Å². The highest BCUT2D eigenvalue weighted by molar-refractivity contribution is 7.89. The number of alkyl halides is 3. The Hall–Kier alpha value is -2.94. The predicted octanol–water partition coefficient (Wildman–Crippen LogP) is 3.58. The van der Waals surface area contributed by atoms with Crippen LogP contribution in [-0.2, 0) is 14.8 Å². The maximum absolute atomic E-state index is 14.2. The van der Waals surface area contributed by atoms with Crippen LogP contribution in [0.25, 0.3) is 0 Å². The lowest BCUT2D eigenvalue weighted by atomic mass is 9.74. The first kappa shape index (κ1) is 31.5. The number of piperidine rings is 2. The maximum atomic E-state index is 14.2. The van der Waals surface area contributed by atoms with Crippen molar-refractivity contribution in [1.82, 2.24) is 19.5 Å². The minimum atomic E-state index is -4.84. The van der Waals surface area contributed by atoms with Crippen molar-refractivity contribution in [2.45, 2.75) is 74.5 Å². The molecule has 11 nitrogen and oxygen atoms in total. The summed E-state index contributed by atoms with van der Waals surface area (Å²) in [5.74, 6) is -1.98. The lowest BCUT2D eigenvalue weighted by Gasteiger charge is -2.40. The predicted molar refractivity (Wildman–Crippen MR) is 151 cm³/mol. The minimum absolute atomic E-state index is 0.0130. The second-order valence-corrected chi connectivity index (χ2v) is 14.0. The summed E-state index contributed by atoms with van der Waals surface area (Å²) in [5.41, 5.74) is 0.451. The number of nitroso groups, excluding NO2 is 1. The summed E-state index contributed by atoms with van der Waals surface area (Å²) in [4.78, 5) is 39.7. The molecule has 5 rings (SSSR count). The second kappa shape index (κ2) is 12.6. The molecule has 4 saturated heterocycles. The fourth-order valence-electron chi connectivity index (χ4n) is 7.30. The third-order valence-corrected chi connectivity index (χ3v) is 11.5. The van der Waals surface area contributed by atoms with Gasteiger partial charge in [-0.05, 0) is 74.6 Å². The van der Waals surface area contributed by atoms with Crippen LogP contribution in [0.5, 0.6) is 0 Å². The molecule has 2 N–H and O–H groups in total. The van der Waals surface area contributed by atoms with E-state index < -0.39 is 46.1 Å². The number of hydrazine groups is 1. The van der Waals surface area contributed by atoms with E-state index in [2.05, 4.69) is 10.6 Å². The summed E-state index contributed by atoms with van der Waals surface area (Å²) >= 11 is 0. The molecule has 4 fully saturated rings. The first-order valence-corrected chi connectivity index (χ1v) is 16.5. The van der Waals surface area contributed by atoms with Crippen LogP contribution in [0.1, 0.15) is 51.4 Å². The van der Waals surface area contributed by atoms with Gasteiger partial charge in [0.1, 0.15) is 16.8 Å². The molecule has 0 aromatic heterocycles. The number of rotatable bonds is 5. The van der Waals surface area contributed by atoms with Crippen molar-refractivity contribution in [3.05, 3.63) is 29.2 Å². The Morgan fingerprint density at radius 3 is 2.09 bits per heavy atom. The largest absolute Gasteiger partial charge is 0.460 e. The van der Waals surface area contributed by atoms with Gasteiger partial charge in [0, 0.05) is 38.9 Å². The molecule has 0 spiro atoms. The van der Waals surface area contributed by atoms with Gasteiger partial charge in [-0.2, -0.15) is 17.5 Å². The molecule has 0 radical (unpaired) electrons. The summed E-state index contributed by atoms with van der Waals surface area (Å²) < 4.78 is 70.7. The van der Waals surface area contributed by atoms with E-state index in [1.54, 1.807) is 0 Å². The molecule has 238 valence electrons. The number of halogens is 3. The maximum Gasteiger partial charge on any atom is 0.460 e. The quantitative estimate of drug-likeness (QED) is 0.481. The van der Waals surface area contributed by atoms with Crippen LogP contribution in [0.15, 0.2) is 29.2 Å². The van der Waals surface area contributed by atoms with Crippen molar-refractivity contribution in [3.8, 4) is 0 Å². The van der Waals surface area contributed by atoms with E-state index in [4.69, 9.17) is 0 Å². The van der Waals surface area contributed by atoms with E-state index in [1.165, 1.54) is 45.5 Å². The number of urea groups is 1. The van der Waals surface area contributed by atoms with Crippen molar-refractivity contribution in [2.75, 3.05) is 45.1 Å². The van der Waals surface area contributed by atoms with Crippen molar-refractivity contribution >= 4 is 27.6 Å². The summed E-state index contributed by atoms with van der Waals surface area (Å²) in [6, 6.07) is 2.27. The van der Waals surface area contributed by atoms with E-state index in [9.17, 15) is 36.1 Å². The fourth-order valence-corrected chi connectivity index (χ4v) is 8.77. The molecule has 4 aliphatic heterocycles. The molecule has 15 heteroatoms. The van der Waals surface area contributed by atoms with E-state index in [0.717, 1.165) is 25.7 Å². The third-order valence-electron chi connectivity index (χ3n) is 9.58. The molecule has 4 aliphatic rings. The molecule has 0 saturated carbocycles. The van der Waals surface area contributed by atoms with Crippen molar-refractivity contribution < 1.29 is 36.0 Å². The lowest BCUT2D eigenvalue weighted by Crippen LogP contribution is -2.50. The van der Waals surface area contributed by atoms with Crippen LogP contribution in [0.3, 0.4) is 0 Å². The van der Waals surface area contributed by atoms with Crippen LogP contribution < -0.4 is 10.6 Å². The molecule has 43 heavy (non-hydrogen) atoms.